The number of hydrogen-bond acceptors (Lipinski definition) is 4. The van der Waals surface area contributed by atoms with E-state index in [4.69, 9.17) is 9.52 Å². The third kappa shape index (κ3) is 5.84. The molecule has 0 aliphatic carbocycles. The normalized spacial score (nSPS) is 11.3. The Morgan fingerprint density at radius 3 is 2.53 bits per heavy atom. The van der Waals surface area contributed by atoms with Crippen LogP contribution in [0.5, 0.6) is 0 Å². The number of nitrogens with zero attached hydrogens (tertiary/aromatic N) is 4. The number of guanidine groups is 1. The van der Waals surface area contributed by atoms with E-state index in [-0.39, 0.29) is 24.0 Å². The number of aliphatic imine (C=N–C) groups is 1. The Kier molecular flexibility index (Phi) is 8.88. The van der Waals surface area contributed by atoms with E-state index in [1.165, 1.54) is 0 Å². The summed E-state index contributed by atoms with van der Waals surface area (Å²) in [5.41, 5.74) is 6.42. The van der Waals surface area contributed by atoms with Crippen LogP contribution in [0.3, 0.4) is 0 Å². The van der Waals surface area contributed by atoms with Crippen LogP contribution in [0.2, 0.25) is 0 Å². The Morgan fingerprint density at radius 1 is 1.13 bits per heavy atom. The molecule has 0 saturated heterocycles. The van der Waals surface area contributed by atoms with Gasteiger partial charge in [-0.1, -0.05) is 23.4 Å². The summed E-state index contributed by atoms with van der Waals surface area (Å²) in [4.78, 5) is 4.78. The fraction of sp³-hybridized carbons (Fsp3) is 0.409. The number of rotatable bonds is 7. The van der Waals surface area contributed by atoms with E-state index >= 15 is 0 Å². The zero-order chi connectivity index (χ0) is 20.8. The summed E-state index contributed by atoms with van der Waals surface area (Å²) in [5, 5.41) is 15.4. The van der Waals surface area contributed by atoms with E-state index in [0.29, 0.717) is 6.54 Å². The maximum atomic E-state index is 5.24. The minimum absolute atomic E-state index is 0. The van der Waals surface area contributed by atoms with E-state index in [2.05, 4.69) is 52.9 Å². The van der Waals surface area contributed by atoms with Gasteiger partial charge in [0.15, 0.2) is 5.96 Å². The zero-order valence-electron chi connectivity index (χ0n) is 18.3. The first-order chi connectivity index (χ1) is 14.0. The Bertz CT molecular complexity index is 972. The van der Waals surface area contributed by atoms with Gasteiger partial charge in [0.05, 0.1) is 23.6 Å². The average Bonchev–Trinajstić information content (AvgIpc) is 3.21. The van der Waals surface area contributed by atoms with Crippen molar-refractivity contribution >= 4 is 29.9 Å². The molecule has 0 saturated carbocycles. The molecule has 0 fully saturated rings. The van der Waals surface area contributed by atoms with Gasteiger partial charge in [0.2, 0.25) is 0 Å². The first-order valence-electron chi connectivity index (χ1n) is 10.0. The predicted octanol–water partition coefficient (Wildman–Crippen LogP) is 4.01. The minimum Gasteiger partial charge on any atom is -0.361 e. The molecule has 7 nitrogen and oxygen atoms in total. The number of para-hydroxylation sites is 1. The highest BCUT2D eigenvalue weighted by Crippen LogP contribution is 2.18. The lowest BCUT2D eigenvalue weighted by Crippen LogP contribution is -2.38. The first-order valence-corrected chi connectivity index (χ1v) is 10.0. The van der Waals surface area contributed by atoms with Gasteiger partial charge in [-0.2, -0.15) is 5.10 Å². The van der Waals surface area contributed by atoms with Gasteiger partial charge < -0.3 is 15.2 Å². The molecule has 3 rings (SSSR count). The highest BCUT2D eigenvalue weighted by molar-refractivity contribution is 14.0. The molecule has 30 heavy (non-hydrogen) atoms. The fourth-order valence-electron chi connectivity index (χ4n) is 3.39. The summed E-state index contributed by atoms with van der Waals surface area (Å²) in [7, 11) is 0. The van der Waals surface area contributed by atoms with Crippen molar-refractivity contribution in [2.24, 2.45) is 4.99 Å². The summed E-state index contributed by atoms with van der Waals surface area (Å²) >= 11 is 0. The molecule has 0 radical (unpaired) electrons. The number of hydrogen-bond donors (Lipinski definition) is 2. The maximum absolute atomic E-state index is 5.24. The zero-order valence-corrected chi connectivity index (χ0v) is 20.7. The van der Waals surface area contributed by atoms with Crippen molar-refractivity contribution in [3.63, 3.8) is 0 Å². The molecule has 2 N–H and O–H groups in total. The maximum Gasteiger partial charge on any atom is 0.191 e. The lowest BCUT2D eigenvalue weighted by atomic mass is 10.1. The van der Waals surface area contributed by atoms with Gasteiger partial charge in [-0.25, -0.2) is 9.67 Å². The van der Waals surface area contributed by atoms with Crippen LogP contribution in [0.1, 0.15) is 40.9 Å². The number of halogens is 1. The third-order valence-electron chi connectivity index (χ3n) is 4.83. The summed E-state index contributed by atoms with van der Waals surface area (Å²) < 4.78 is 7.22. The topological polar surface area (TPSA) is 80.3 Å². The highest BCUT2D eigenvalue weighted by atomic mass is 127. The van der Waals surface area contributed by atoms with Crippen molar-refractivity contribution < 1.29 is 4.52 Å². The molecule has 0 amide bonds. The second-order valence-corrected chi connectivity index (χ2v) is 7.14. The highest BCUT2D eigenvalue weighted by Gasteiger charge is 2.10. The summed E-state index contributed by atoms with van der Waals surface area (Å²) in [5.74, 6) is 1.67. The van der Waals surface area contributed by atoms with Crippen LogP contribution in [0.15, 0.2) is 39.8 Å². The standard InChI is InChI=1S/C22H30N6O.HI/c1-6-23-22(24-12-11-20-17(4)27-29-18(20)5)25-14-19-9-7-8-10-21(19)28-16(3)13-15(2)26-28;/h7-10,13H,6,11-12,14H2,1-5H3,(H2,23,24,25);1H. The second-order valence-electron chi connectivity index (χ2n) is 7.14. The van der Waals surface area contributed by atoms with Crippen LogP contribution in [0.25, 0.3) is 5.69 Å². The van der Waals surface area contributed by atoms with Gasteiger partial charge in [0, 0.05) is 24.3 Å². The molecular weight excluding hydrogens is 491 g/mol. The van der Waals surface area contributed by atoms with Crippen LogP contribution in [-0.4, -0.2) is 34.0 Å². The largest absolute Gasteiger partial charge is 0.361 e. The second kappa shape index (κ2) is 11.1. The quantitative estimate of drug-likeness (QED) is 0.279. The molecule has 2 aromatic heterocycles. The monoisotopic (exact) mass is 522 g/mol. The predicted molar refractivity (Wildman–Crippen MR) is 131 cm³/mol. The van der Waals surface area contributed by atoms with E-state index in [0.717, 1.165) is 65.1 Å². The van der Waals surface area contributed by atoms with Gasteiger partial charge in [-0.05, 0) is 58.7 Å². The first kappa shape index (κ1) is 23.9. The average molecular weight is 522 g/mol. The van der Waals surface area contributed by atoms with Gasteiger partial charge in [-0.3, -0.25) is 0 Å². The molecule has 0 atom stereocenters. The Labute approximate surface area is 195 Å². The molecular formula is C22H31IN6O. The number of nitrogens with one attached hydrogen (secondary N) is 2. The number of aryl methyl sites for hydroxylation is 4. The molecule has 0 aliphatic heterocycles. The van der Waals surface area contributed by atoms with Crippen LogP contribution in [-0.2, 0) is 13.0 Å². The van der Waals surface area contributed by atoms with Crippen LogP contribution in [0.4, 0.5) is 0 Å². The van der Waals surface area contributed by atoms with Crippen molar-refractivity contribution in [1.82, 2.24) is 25.6 Å². The van der Waals surface area contributed by atoms with Gasteiger partial charge in [0.1, 0.15) is 5.76 Å². The minimum atomic E-state index is 0. The summed E-state index contributed by atoms with van der Waals surface area (Å²) in [6, 6.07) is 10.3. The van der Waals surface area contributed by atoms with Crippen LogP contribution in [0, 0.1) is 27.7 Å². The molecule has 0 spiro atoms. The lowest BCUT2D eigenvalue weighted by Gasteiger charge is -2.13. The van der Waals surface area contributed by atoms with Crippen molar-refractivity contribution in [3.8, 4) is 5.69 Å². The summed E-state index contributed by atoms with van der Waals surface area (Å²) in [6.45, 7) is 12.2. The van der Waals surface area contributed by atoms with Gasteiger partial charge in [0.25, 0.3) is 0 Å². The molecule has 1 aromatic carbocycles. The van der Waals surface area contributed by atoms with Crippen LogP contribution < -0.4 is 10.6 Å². The van der Waals surface area contributed by atoms with Crippen molar-refractivity contribution in [2.45, 2.75) is 47.6 Å². The van der Waals surface area contributed by atoms with E-state index in [1.54, 1.807) is 0 Å². The van der Waals surface area contributed by atoms with Gasteiger partial charge >= 0.3 is 0 Å². The summed E-state index contributed by atoms with van der Waals surface area (Å²) in [6.07, 6.45) is 0.841. The van der Waals surface area contributed by atoms with E-state index < -0.39 is 0 Å². The number of benzene rings is 1. The molecule has 3 aromatic rings. The van der Waals surface area contributed by atoms with Crippen LogP contribution >= 0.6 is 24.0 Å². The SMILES string of the molecule is CCNC(=NCc1ccccc1-n1nc(C)cc1C)NCCc1c(C)noc1C.I. The third-order valence-corrected chi connectivity index (χ3v) is 4.83. The molecule has 8 heteroatoms. The smallest absolute Gasteiger partial charge is 0.191 e. The van der Waals surface area contributed by atoms with E-state index in [1.807, 2.05) is 37.6 Å². The molecule has 0 unspecified atom stereocenters. The molecule has 162 valence electrons. The lowest BCUT2D eigenvalue weighted by molar-refractivity contribution is 0.392. The fourth-order valence-corrected chi connectivity index (χ4v) is 3.39. The Morgan fingerprint density at radius 2 is 1.90 bits per heavy atom. The van der Waals surface area contributed by atoms with E-state index in [9.17, 15) is 0 Å². The van der Waals surface area contributed by atoms with Gasteiger partial charge in [-0.15, -0.1) is 24.0 Å². The van der Waals surface area contributed by atoms with Crippen molar-refractivity contribution in [3.05, 3.63) is 64.3 Å². The Balaban J connectivity index is 0.00000320. The molecule has 0 bridgehead atoms. The van der Waals surface area contributed by atoms with Crippen molar-refractivity contribution in [1.29, 1.82) is 0 Å². The Hall–Kier alpha value is -2.36. The van der Waals surface area contributed by atoms with Crippen molar-refractivity contribution in [2.75, 3.05) is 13.1 Å². The molecule has 0 aliphatic rings. The molecule has 2 heterocycles. The number of aromatic nitrogens is 3.